The van der Waals surface area contributed by atoms with Crippen LogP contribution in [-0.2, 0) is 4.79 Å². The van der Waals surface area contributed by atoms with Crippen molar-refractivity contribution in [2.75, 3.05) is 26.2 Å². The van der Waals surface area contributed by atoms with Gasteiger partial charge in [-0.15, -0.1) is 0 Å². The van der Waals surface area contributed by atoms with E-state index in [1.54, 1.807) is 0 Å². The van der Waals surface area contributed by atoms with Gasteiger partial charge in [0.1, 0.15) is 0 Å². The molecule has 88 valence electrons. The van der Waals surface area contributed by atoms with Crippen molar-refractivity contribution >= 4 is 5.91 Å². The van der Waals surface area contributed by atoms with Crippen LogP contribution in [0.25, 0.3) is 0 Å². The van der Waals surface area contributed by atoms with Crippen LogP contribution in [0.15, 0.2) is 0 Å². The molecule has 0 aromatic carbocycles. The molecule has 1 heterocycles. The first kappa shape index (κ1) is 12.5. The van der Waals surface area contributed by atoms with Gasteiger partial charge in [-0.3, -0.25) is 4.79 Å². The second kappa shape index (κ2) is 6.08. The highest BCUT2D eigenvalue weighted by Gasteiger charge is 2.26. The fourth-order valence-electron chi connectivity index (χ4n) is 1.99. The number of nitrogens with two attached hydrogens (primary N) is 1. The Morgan fingerprint density at radius 3 is 3.00 bits per heavy atom. The third kappa shape index (κ3) is 3.80. The molecule has 0 aromatic rings. The molecular weight excluding hydrogens is 192 g/mol. The van der Waals surface area contributed by atoms with Gasteiger partial charge >= 0.3 is 0 Å². The lowest BCUT2D eigenvalue weighted by molar-refractivity contribution is -0.131. The number of carbonyl (C=O) groups excluding carboxylic acids is 1. The minimum absolute atomic E-state index is 0.216. The quantitative estimate of drug-likeness (QED) is 0.687. The van der Waals surface area contributed by atoms with Crippen LogP contribution in [0.5, 0.6) is 0 Å². The second-order valence-corrected chi connectivity index (χ2v) is 4.55. The number of aliphatic hydroxyl groups excluding tert-OH is 1. The summed E-state index contributed by atoms with van der Waals surface area (Å²) in [7, 11) is 0. The molecule has 3 N–H and O–H groups in total. The molecule has 1 aliphatic heterocycles. The minimum atomic E-state index is 0.216. The summed E-state index contributed by atoms with van der Waals surface area (Å²) in [5, 5.41) is 8.82. The van der Waals surface area contributed by atoms with E-state index in [-0.39, 0.29) is 18.4 Å². The molecular formula is C11H22N2O2. The summed E-state index contributed by atoms with van der Waals surface area (Å²) >= 11 is 0. The van der Waals surface area contributed by atoms with E-state index in [1.165, 1.54) is 0 Å². The Balaban J connectivity index is 2.30. The summed E-state index contributed by atoms with van der Waals surface area (Å²) in [6.07, 6.45) is 2.40. The molecule has 0 radical (unpaired) electrons. The summed E-state index contributed by atoms with van der Waals surface area (Å²) in [6, 6.07) is 0. The fraction of sp³-hybridized carbons (Fsp3) is 0.909. The molecule has 1 aliphatic rings. The zero-order valence-electron chi connectivity index (χ0n) is 9.48. The molecule has 1 rings (SSSR count). The maximum atomic E-state index is 11.8. The van der Waals surface area contributed by atoms with Gasteiger partial charge in [-0.2, -0.15) is 0 Å². The van der Waals surface area contributed by atoms with Crippen molar-refractivity contribution in [3.63, 3.8) is 0 Å². The van der Waals surface area contributed by atoms with Crippen LogP contribution in [0, 0.1) is 11.8 Å². The van der Waals surface area contributed by atoms with E-state index in [2.05, 4.69) is 0 Å². The van der Waals surface area contributed by atoms with E-state index >= 15 is 0 Å². The van der Waals surface area contributed by atoms with Gasteiger partial charge in [-0.05, 0) is 31.2 Å². The monoisotopic (exact) mass is 214 g/mol. The van der Waals surface area contributed by atoms with Gasteiger partial charge in [0.15, 0.2) is 0 Å². The third-order valence-electron chi connectivity index (χ3n) is 3.10. The topological polar surface area (TPSA) is 66.6 Å². The van der Waals surface area contributed by atoms with Gasteiger partial charge in [0.05, 0.1) is 0 Å². The average molecular weight is 214 g/mol. The summed E-state index contributed by atoms with van der Waals surface area (Å²) < 4.78 is 0. The zero-order valence-corrected chi connectivity index (χ0v) is 9.48. The molecule has 4 nitrogen and oxygen atoms in total. The van der Waals surface area contributed by atoms with E-state index in [1.807, 2.05) is 11.8 Å². The highest BCUT2D eigenvalue weighted by molar-refractivity contribution is 5.76. The van der Waals surface area contributed by atoms with Gasteiger partial charge in [-0.25, -0.2) is 0 Å². The summed E-state index contributed by atoms with van der Waals surface area (Å²) in [4.78, 5) is 13.7. The number of rotatable bonds is 5. The van der Waals surface area contributed by atoms with Crippen molar-refractivity contribution in [1.29, 1.82) is 0 Å². The Morgan fingerprint density at radius 2 is 2.40 bits per heavy atom. The van der Waals surface area contributed by atoms with Crippen LogP contribution < -0.4 is 5.73 Å². The van der Waals surface area contributed by atoms with Gasteiger partial charge in [0.2, 0.25) is 5.91 Å². The Labute approximate surface area is 91.4 Å². The molecule has 1 saturated heterocycles. The zero-order chi connectivity index (χ0) is 11.3. The molecule has 0 aliphatic carbocycles. The average Bonchev–Trinajstić information content (AvgIpc) is 2.67. The van der Waals surface area contributed by atoms with Crippen LogP contribution in [0.1, 0.15) is 26.2 Å². The molecule has 2 atom stereocenters. The number of hydrogen-bond acceptors (Lipinski definition) is 3. The van der Waals surface area contributed by atoms with Crippen LogP contribution in [0.2, 0.25) is 0 Å². The Hall–Kier alpha value is -0.610. The number of likely N-dealkylation sites (tertiary alicyclic amines) is 1. The van der Waals surface area contributed by atoms with Gasteiger partial charge in [0.25, 0.3) is 0 Å². The van der Waals surface area contributed by atoms with Crippen molar-refractivity contribution < 1.29 is 9.90 Å². The largest absolute Gasteiger partial charge is 0.396 e. The van der Waals surface area contributed by atoms with Crippen molar-refractivity contribution in [3.05, 3.63) is 0 Å². The van der Waals surface area contributed by atoms with Crippen molar-refractivity contribution in [3.8, 4) is 0 Å². The first-order chi connectivity index (χ1) is 7.17. The predicted octanol–water partition coefficient (Wildman–Crippen LogP) is 0.202. The first-order valence-corrected chi connectivity index (χ1v) is 5.76. The summed E-state index contributed by atoms with van der Waals surface area (Å²) in [5.74, 6) is 0.981. The van der Waals surface area contributed by atoms with Gasteiger partial charge in [-0.1, -0.05) is 6.92 Å². The lowest BCUT2D eigenvalue weighted by Crippen LogP contribution is -2.31. The molecule has 2 unspecified atom stereocenters. The number of hydrogen-bond donors (Lipinski definition) is 2. The smallest absolute Gasteiger partial charge is 0.222 e. The SMILES string of the molecule is CC(CN)CC(=O)N1CCC(CCO)C1. The normalized spacial score (nSPS) is 23.1. The predicted molar refractivity (Wildman–Crippen MR) is 59.2 cm³/mol. The van der Waals surface area contributed by atoms with Crippen molar-refractivity contribution in [1.82, 2.24) is 4.90 Å². The van der Waals surface area contributed by atoms with Gasteiger partial charge in [0, 0.05) is 26.1 Å². The van der Waals surface area contributed by atoms with Crippen LogP contribution >= 0.6 is 0 Å². The van der Waals surface area contributed by atoms with Crippen LogP contribution in [0.4, 0.5) is 0 Å². The lowest BCUT2D eigenvalue weighted by atomic mass is 10.1. The van der Waals surface area contributed by atoms with E-state index in [0.717, 1.165) is 25.9 Å². The van der Waals surface area contributed by atoms with E-state index in [0.29, 0.717) is 18.9 Å². The third-order valence-corrected chi connectivity index (χ3v) is 3.10. The Morgan fingerprint density at radius 1 is 1.67 bits per heavy atom. The fourth-order valence-corrected chi connectivity index (χ4v) is 1.99. The molecule has 4 heteroatoms. The number of amides is 1. The van der Waals surface area contributed by atoms with E-state index < -0.39 is 0 Å². The Kier molecular flexibility index (Phi) is 5.05. The maximum absolute atomic E-state index is 11.8. The molecule has 0 saturated carbocycles. The van der Waals surface area contributed by atoms with Crippen molar-refractivity contribution in [2.24, 2.45) is 17.6 Å². The van der Waals surface area contributed by atoms with Crippen LogP contribution in [0.3, 0.4) is 0 Å². The molecule has 0 bridgehead atoms. The molecule has 0 aromatic heterocycles. The Bertz CT molecular complexity index is 209. The molecule has 0 spiro atoms. The molecule has 1 fully saturated rings. The van der Waals surface area contributed by atoms with E-state index in [9.17, 15) is 4.79 Å². The standard InChI is InChI=1S/C11H22N2O2/c1-9(7-12)6-11(15)13-4-2-10(8-13)3-5-14/h9-10,14H,2-8,12H2,1H3. The van der Waals surface area contributed by atoms with Crippen LogP contribution in [-0.4, -0.2) is 42.2 Å². The summed E-state index contributed by atoms with van der Waals surface area (Å²) in [5.41, 5.74) is 5.49. The molecule has 1 amide bonds. The number of aliphatic hydroxyl groups is 1. The summed E-state index contributed by atoms with van der Waals surface area (Å²) in [6.45, 7) is 4.46. The number of nitrogens with zero attached hydrogens (tertiary/aromatic N) is 1. The maximum Gasteiger partial charge on any atom is 0.222 e. The highest BCUT2D eigenvalue weighted by atomic mass is 16.3. The van der Waals surface area contributed by atoms with E-state index in [4.69, 9.17) is 10.8 Å². The highest BCUT2D eigenvalue weighted by Crippen LogP contribution is 2.20. The lowest BCUT2D eigenvalue weighted by Gasteiger charge is -2.18. The van der Waals surface area contributed by atoms with Gasteiger partial charge < -0.3 is 15.7 Å². The van der Waals surface area contributed by atoms with Crippen molar-refractivity contribution in [2.45, 2.75) is 26.2 Å². The minimum Gasteiger partial charge on any atom is -0.396 e. The molecule has 15 heavy (non-hydrogen) atoms. The second-order valence-electron chi connectivity index (χ2n) is 4.55. The number of carbonyl (C=O) groups is 1. The first-order valence-electron chi connectivity index (χ1n) is 5.76.